The monoisotopic (exact) mass is 226 g/mol. The van der Waals surface area contributed by atoms with Gasteiger partial charge in [-0.25, -0.2) is 0 Å². The van der Waals surface area contributed by atoms with Crippen molar-refractivity contribution in [1.29, 1.82) is 0 Å². The Morgan fingerprint density at radius 2 is 2.00 bits per heavy atom. The number of hydrogen-bond donors (Lipinski definition) is 1. The average Bonchev–Trinajstić information content (AvgIpc) is 2.28. The summed E-state index contributed by atoms with van der Waals surface area (Å²) in [7, 11) is 2.26. The highest BCUT2D eigenvalue weighted by atomic mass is 16.3. The van der Waals surface area contributed by atoms with Crippen LogP contribution in [0.5, 0.6) is 0 Å². The zero-order chi connectivity index (χ0) is 11.4. The molecule has 2 fully saturated rings. The van der Waals surface area contributed by atoms with E-state index in [4.69, 9.17) is 0 Å². The normalized spacial score (nSPS) is 34.1. The van der Waals surface area contributed by atoms with Crippen LogP contribution in [0.25, 0.3) is 0 Å². The lowest BCUT2D eigenvalue weighted by atomic mass is 9.99. The first-order valence-corrected chi connectivity index (χ1v) is 6.86. The van der Waals surface area contributed by atoms with E-state index in [0.717, 1.165) is 19.0 Å². The van der Waals surface area contributed by atoms with Crippen LogP contribution in [0, 0.1) is 0 Å². The molecule has 94 valence electrons. The third-order valence-electron chi connectivity index (χ3n) is 4.18. The number of aliphatic hydroxyl groups excluding tert-OH is 1. The zero-order valence-corrected chi connectivity index (χ0v) is 10.6. The van der Waals surface area contributed by atoms with Gasteiger partial charge in [0.2, 0.25) is 0 Å². The standard InChI is InChI=1S/C13H26N2O/c1-14-8-3-2-5-12(14)7-10-15-9-4-6-13(16)11-15/h12-13,16H,2-11H2,1H3/t12?,13-/m0/s1. The van der Waals surface area contributed by atoms with E-state index < -0.39 is 0 Å². The van der Waals surface area contributed by atoms with Crippen molar-refractivity contribution < 1.29 is 5.11 Å². The van der Waals surface area contributed by atoms with Gasteiger partial charge in [0, 0.05) is 12.6 Å². The molecule has 0 aliphatic carbocycles. The molecule has 0 radical (unpaired) electrons. The molecule has 16 heavy (non-hydrogen) atoms. The van der Waals surface area contributed by atoms with Gasteiger partial charge in [0.05, 0.1) is 6.10 Å². The topological polar surface area (TPSA) is 26.7 Å². The van der Waals surface area contributed by atoms with E-state index in [1.165, 1.54) is 51.7 Å². The molecule has 0 amide bonds. The number of hydrogen-bond acceptors (Lipinski definition) is 3. The van der Waals surface area contributed by atoms with E-state index in [1.807, 2.05) is 0 Å². The molecule has 2 aliphatic heterocycles. The first-order chi connectivity index (χ1) is 7.75. The molecule has 2 heterocycles. The number of β-amino-alcohol motifs (C(OH)–C–C–N with tert-alkyl or cyclic N) is 1. The predicted octanol–water partition coefficient (Wildman–Crippen LogP) is 1.32. The van der Waals surface area contributed by atoms with Crippen LogP contribution in [-0.4, -0.2) is 60.3 Å². The first kappa shape index (κ1) is 12.3. The van der Waals surface area contributed by atoms with Gasteiger partial charge >= 0.3 is 0 Å². The van der Waals surface area contributed by atoms with Crippen molar-refractivity contribution in [2.24, 2.45) is 0 Å². The minimum absolute atomic E-state index is 0.0714. The summed E-state index contributed by atoms with van der Waals surface area (Å²) in [6.07, 6.45) is 7.52. The van der Waals surface area contributed by atoms with Gasteiger partial charge in [0.1, 0.15) is 0 Å². The second-order valence-electron chi connectivity index (χ2n) is 5.52. The Labute approximate surface area is 99.4 Å². The lowest BCUT2D eigenvalue weighted by molar-refractivity contribution is 0.0624. The van der Waals surface area contributed by atoms with Crippen LogP contribution in [0.4, 0.5) is 0 Å². The minimum Gasteiger partial charge on any atom is -0.392 e. The quantitative estimate of drug-likeness (QED) is 0.786. The fourth-order valence-corrected chi connectivity index (χ4v) is 3.07. The number of rotatable bonds is 3. The summed E-state index contributed by atoms with van der Waals surface area (Å²) in [5.74, 6) is 0. The van der Waals surface area contributed by atoms with E-state index in [2.05, 4.69) is 16.8 Å². The first-order valence-electron chi connectivity index (χ1n) is 6.86. The van der Waals surface area contributed by atoms with Crippen molar-refractivity contribution >= 4 is 0 Å². The Balaban J connectivity index is 1.69. The SMILES string of the molecule is CN1CCCCC1CCN1CCC[C@H](O)C1. The smallest absolute Gasteiger partial charge is 0.0667 e. The maximum atomic E-state index is 9.62. The maximum absolute atomic E-state index is 9.62. The molecule has 0 aromatic carbocycles. The Hall–Kier alpha value is -0.120. The molecule has 3 nitrogen and oxygen atoms in total. The second-order valence-corrected chi connectivity index (χ2v) is 5.52. The van der Waals surface area contributed by atoms with Crippen molar-refractivity contribution in [3.63, 3.8) is 0 Å². The molecule has 0 bridgehead atoms. The van der Waals surface area contributed by atoms with E-state index in [1.54, 1.807) is 0 Å². The number of piperidine rings is 2. The minimum atomic E-state index is -0.0714. The highest BCUT2D eigenvalue weighted by molar-refractivity contribution is 4.78. The largest absolute Gasteiger partial charge is 0.392 e. The lowest BCUT2D eigenvalue weighted by Gasteiger charge is -2.35. The molecule has 2 rings (SSSR count). The van der Waals surface area contributed by atoms with E-state index in [0.29, 0.717) is 0 Å². The van der Waals surface area contributed by atoms with Crippen molar-refractivity contribution in [3.8, 4) is 0 Å². The third-order valence-corrected chi connectivity index (χ3v) is 4.18. The van der Waals surface area contributed by atoms with Gasteiger partial charge in [-0.05, 0) is 58.8 Å². The molecule has 2 aliphatic rings. The molecular formula is C13H26N2O. The average molecular weight is 226 g/mol. The van der Waals surface area contributed by atoms with Crippen LogP contribution in [0.1, 0.15) is 38.5 Å². The van der Waals surface area contributed by atoms with Crippen molar-refractivity contribution in [2.45, 2.75) is 50.7 Å². The molecule has 0 aromatic rings. The van der Waals surface area contributed by atoms with Gasteiger partial charge in [-0.1, -0.05) is 6.42 Å². The Bertz CT molecular complexity index is 210. The maximum Gasteiger partial charge on any atom is 0.0667 e. The van der Waals surface area contributed by atoms with Gasteiger partial charge in [-0.2, -0.15) is 0 Å². The van der Waals surface area contributed by atoms with Gasteiger partial charge in [-0.15, -0.1) is 0 Å². The summed E-state index contributed by atoms with van der Waals surface area (Å²) < 4.78 is 0. The van der Waals surface area contributed by atoms with Crippen LogP contribution in [0.3, 0.4) is 0 Å². The lowest BCUT2D eigenvalue weighted by Crippen LogP contribution is -2.42. The van der Waals surface area contributed by atoms with Crippen LogP contribution < -0.4 is 0 Å². The van der Waals surface area contributed by atoms with Crippen molar-refractivity contribution in [3.05, 3.63) is 0 Å². The molecule has 1 N–H and O–H groups in total. The molecule has 0 aromatic heterocycles. The van der Waals surface area contributed by atoms with Crippen molar-refractivity contribution in [2.75, 3.05) is 33.2 Å². The highest BCUT2D eigenvalue weighted by Crippen LogP contribution is 2.19. The van der Waals surface area contributed by atoms with E-state index in [-0.39, 0.29) is 6.10 Å². The van der Waals surface area contributed by atoms with Crippen LogP contribution in [-0.2, 0) is 0 Å². The highest BCUT2D eigenvalue weighted by Gasteiger charge is 2.22. The van der Waals surface area contributed by atoms with Crippen LogP contribution in [0.2, 0.25) is 0 Å². The second kappa shape index (κ2) is 5.99. The third kappa shape index (κ3) is 3.44. The molecule has 2 saturated heterocycles. The zero-order valence-electron chi connectivity index (χ0n) is 10.6. The van der Waals surface area contributed by atoms with E-state index in [9.17, 15) is 5.11 Å². The van der Waals surface area contributed by atoms with Gasteiger partial charge < -0.3 is 14.9 Å². The number of likely N-dealkylation sites (tertiary alicyclic amines) is 2. The molecule has 0 spiro atoms. The number of nitrogens with zero attached hydrogens (tertiary/aromatic N) is 2. The Morgan fingerprint density at radius 3 is 2.75 bits per heavy atom. The van der Waals surface area contributed by atoms with Gasteiger partial charge in [-0.3, -0.25) is 0 Å². The summed E-state index contributed by atoms with van der Waals surface area (Å²) in [6.45, 7) is 4.53. The van der Waals surface area contributed by atoms with Gasteiger partial charge in [0.25, 0.3) is 0 Å². The van der Waals surface area contributed by atoms with E-state index >= 15 is 0 Å². The summed E-state index contributed by atoms with van der Waals surface area (Å²) in [4.78, 5) is 4.96. The predicted molar refractivity (Wildman–Crippen MR) is 66.6 cm³/mol. The molecular weight excluding hydrogens is 200 g/mol. The molecule has 2 atom stereocenters. The van der Waals surface area contributed by atoms with Crippen LogP contribution >= 0.6 is 0 Å². The van der Waals surface area contributed by atoms with Gasteiger partial charge in [0.15, 0.2) is 0 Å². The summed E-state index contributed by atoms with van der Waals surface area (Å²) >= 11 is 0. The Morgan fingerprint density at radius 1 is 1.12 bits per heavy atom. The fraction of sp³-hybridized carbons (Fsp3) is 1.00. The molecule has 3 heteroatoms. The van der Waals surface area contributed by atoms with Crippen molar-refractivity contribution in [1.82, 2.24) is 9.80 Å². The summed E-state index contributed by atoms with van der Waals surface area (Å²) in [5, 5.41) is 9.62. The summed E-state index contributed by atoms with van der Waals surface area (Å²) in [5.41, 5.74) is 0. The fourth-order valence-electron chi connectivity index (χ4n) is 3.07. The Kier molecular flexibility index (Phi) is 4.62. The molecule has 1 unspecified atom stereocenters. The molecule has 0 saturated carbocycles. The number of aliphatic hydroxyl groups is 1. The summed E-state index contributed by atoms with van der Waals surface area (Å²) in [6, 6.07) is 0.785. The van der Waals surface area contributed by atoms with Crippen LogP contribution in [0.15, 0.2) is 0 Å².